The molecule has 1 rings (SSSR count). The van der Waals surface area contributed by atoms with Crippen molar-refractivity contribution < 1.29 is 0 Å². The van der Waals surface area contributed by atoms with Crippen molar-refractivity contribution in [1.82, 2.24) is 15.3 Å². The fourth-order valence-corrected chi connectivity index (χ4v) is 0.641. The van der Waals surface area contributed by atoms with Crippen molar-refractivity contribution in [2.75, 3.05) is 6.54 Å². The van der Waals surface area contributed by atoms with Gasteiger partial charge in [-0.3, -0.25) is 0 Å². The van der Waals surface area contributed by atoms with E-state index in [9.17, 15) is 0 Å². The molecule has 0 atom stereocenters. The lowest BCUT2D eigenvalue weighted by Gasteiger charge is -1.94. The molecule has 1 aromatic heterocycles. The van der Waals surface area contributed by atoms with Gasteiger partial charge in [0.15, 0.2) is 0 Å². The molecule has 0 aliphatic rings. The van der Waals surface area contributed by atoms with E-state index >= 15 is 0 Å². The molecule has 0 bridgehead atoms. The average Bonchev–Trinajstić information content (AvgIpc) is 2.57. The van der Waals surface area contributed by atoms with Crippen LogP contribution in [0.15, 0.2) is 12.5 Å². The Bertz CT molecular complexity index is 146. The normalized spacial score (nSPS) is 8.64. The van der Waals surface area contributed by atoms with Gasteiger partial charge in [-0.05, 0) is 6.54 Å². The summed E-state index contributed by atoms with van der Waals surface area (Å²) in [5.41, 5.74) is 1.14. The highest BCUT2D eigenvalue weighted by Crippen LogP contribution is 1.87. The number of imidazole rings is 1. The first-order valence-electron chi connectivity index (χ1n) is 4.11. The maximum absolute atomic E-state index is 3.88. The number of hydrogen-bond donors (Lipinski definition) is 2. The molecule has 2 N–H and O–H groups in total. The standard InChI is InChI=1S/C6H11N3.C2H6/c1-2-7-3-6-4-8-5-9-6;1-2/h4-5,7H,2-3H2,1H3,(H,8,9);1-2H3. The molecule has 11 heavy (non-hydrogen) atoms. The minimum Gasteiger partial charge on any atom is -0.347 e. The van der Waals surface area contributed by atoms with Gasteiger partial charge in [0, 0.05) is 18.4 Å². The minimum atomic E-state index is 0.885. The summed E-state index contributed by atoms with van der Waals surface area (Å²) in [6.45, 7) is 7.96. The Labute approximate surface area is 68.2 Å². The minimum absolute atomic E-state index is 0.885. The van der Waals surface area contributed by atoms with Crippen LogP contribution in [0.3, 0.4) is 0 Å². The molecule has 0 saturated heterocycles. The smallest absolute Gasteiger partial charge is 0.0922 e. The van der Waals surface area contributed by atoms with Crippen molar-refractivity contribution in [2.45, 2.75) is 27.3 Å². The van der Waals surface area contributed by atoms with E-state index in [2.05, 4.69) is 22.2 Å². The van der Waals surface area contributed by atoms with Crippen LogP contribution in [0.1, 0.15) is 26.5 Å². The van der Waals surface area contributed by atoms with E-state index in [0.29, 0.717) is 0 Å². The average molecular weight is 155 g/mol. The number of rotatable bonds is 3. The van der Waals surface area contributed by atoms with Crippen molar-refractivity contribution in [1.29, 1.82) is 0 Å². The fourth-order valence-electron chi connectivity index (χ4n) is 0.641. The van der Waals surface area contributed by atoms with Crippen molar-refractivity contribution in [3.05, 3.63) is 18.2 Å². The Hall–Kier alpha value is -0.830. The quantitative estimate of drug-likeness (QED) is 0.695. The molecule has 0 aliphatic heterocycles. The molecule has 0 saturated carbocycles. The second-order valence-corrected chi connectivity index (χ2v) is 1.86. The summed E-state index contributed by atoms with van der Waals surface area (Å²) in [6.07, 6.45) is 3.51. The third-order valence-electron chi connectivity index (χ3n) is 1.12. The summed E-state index contributed by atoms with van der Waals surface area (Å²) in [7, 11) is 0. The Morgan fingerprint density at radius 3 is 2.73 bits per heavy atom. The van der Waals surface area contributed by atoms with Gasteiger partial charge in [-0.15, -0.1) is 0 Å². The Morgan fingerprint density at radius 2 is 2.27 bits per heavy atom. The Kier molecular flexibility index (Phi) is 6.73. The van der Waals surface area contributed by atoms with Crippen LogP contribution >= 0.6 is 0 Å². The van der Waals surface area contributed by atoms with E-state index in [4.69, 9.17) is 0 Å². The zero-order valence-electron chi connectivity index (χ0n) is 7.52. The number of aromatic amines is 1. The van der Waals surface area contributed by atoms with Crippen LogP contribution < -0.4 is 5.32 Å². The van der Waals surface area contributed by atoms with Gasteiger partial charge >= 0.3 is 0 Å². The number of aromatic nitrogens is 2. The molecule has 0 aromatic carbocycles. The first-order chi connectivity index (χ1) is 5.43. The van der Waals surface area contributed by atoms with Crippen LogP contribution in [0.2, 0.25) is 0 Å². The molecule has 0 fully saturated rings. The molecular formula is C8H17N3. The van der Waals surface area contributed by atoms with E-state index in [1.165, 1.54) is 0 Å². The van der Waals surface area contributed by atoms with Crippen molar-refractivity contribution in [3.8, 4) is 0 Å². The molecule has 3 heteroatoms. The summed E-state index contributed by atoms with van der Waals surface area (Å²) in [5, 5.41) is 3.18. The van der Waals surface area contributed by atoms with Crippen LogP contribution in [0.5, 0.6) is 0 Å². The van der Waals surface area contributed by atoms with Gasteiger partial charge in [0.25, 0.3) is 0 Å². The SMILES string of the molecule is CC.CCNCc1cnc[nH]1. The molecule has 0 spiro atoms. The molecule has 0 aliphatic carbocycles. The highest BCUT2D eigenvalue weighted by molar-refractivity contribution is 4.92. The van der Waals surface area contributed by atoms with Crippen molar-refractivity contribution >= 4 is 0 Å². The zero-order valence-corrected chi connectivity index (χ0v) is 7.52. The molecule has 0 unspecified atom stereocenters. The third kappa shape index (κ3) is 4.56. The van der Waals surface area contributed by atoms with Gasteiger partial charge in [0.2, 0.25) is 0 Å². The van der Waals surface area contributed by atoms with Gasteiger partial charge < -0.3 is 10.3 Å². The molecular weight excluding hydrogens is 138 g/mol. The van der Waals surface area contributed by atoms with Crippen LogP contribution in [0.4, 0.5) is 0 Å². The van der Waals surface area contributed by atoms with Crippen LogP contribution in [0.25, 0.3) is 0 Å². The van der Waals surface area contributed by atoms with Gasteiger partial charge in [0.05, 0.1) is 6.33 Å². The molecule has 0 amide bonds. The fraction of sp³-hybridized carbons (Fsp3) is 0.625. The highest BCUT2D eigenvalue weighted by Gasteiger charge is 1.88. The topological polar surface area (TPSA) is 40.7 Å². The molecule has 1 heterocycles. The van der Waals surface area contributed by atoms with Gasteiger partial charge in [-0.1, -0.05) is 20.8 Å². The van der Waals surface area contributed by atoms with E-state index in [1.807, 2.05) is 20.0 Å². The van der Waals surface area contributed by atoms with Gasteiger partial charge in [-0.2, -0.15) is 0 Å². The first kappa shape index (κ1) is 10.2. The maximum atomic E-state index is 3.88. The van der Waals surface area contributed by atoms with Crippen LogP contribution in [0, 0.1) is 0 Å². The molecule has 1 aromatic rings. The predicted octanol–water partition coefficient (Wildman–Crippen LogP) is 1.55. The molecule has 3 nitrogen and oxygen atoms in total. The number of nitrogens with one attached hydrogen (secondary N) is 2. The summed E-state index contributed by atoms with van der Waals surface area (Å²) in [4.78, 5) is 6.88. The van der Waals surface area contributed by atoms with E-state index in [0.717, 1.165) is 18.8 Å². The van der Waals surface area contributed by atoms with Crippen LogP contribution in [-0.2, 0) is 6.54 Å². The number of H-pyrrole nitrogens is 1. The Balaban J connectivity index is 0.000000461. The monoisotopic (exact) mass is 155 g/mol. The van der Waals surface area contributed by atoms with Crippen molar-refractivity contribution in [3.63, 3.8) is 0 Å². The lowest BCUT2D eigenvalue weighted by Crippen LogP contribution is -2.11. The van der Waals surface area contributed by atoms with Gasteiger partial charge in [-0.25, -0.2) is 4.98 Å². The summed E-state index contributed by atoms with van der Waals surface area (Å²) in [6, 6.07) is 0. The number of hydrogen-bond acceptors (Lipinski definition) is 2. The first-order valence-corrected chi connectivity index (χ1v) is 4.11. The summed E-state index contributed by atoms with van der Waals surface area (Å²) < 4.78 is 0. The summed E-state index contributed by atoms with van der Waals surface area (Å²) >= 11 is 0. The second kappa shape index (κ2) is 7.28. The van der Waals surface area contributed by atoms with Gasteiger partial charge in [0.1, 0.15) is 0 Å². The lowest BCUT2D eigenvalue weighted by molar-refractivity contribution is 0.714. The number of nitrogens with zero attached hydrogens (tertiary/aromatic N) is 1. The van der Waals surface area contributed by atoms with E-state index in [-0.39, 0.29) is 0 Å². The largest absolute Gasteiger partial charge is 0.347 e. The lowest BCUT2D eigenvalue weighted by atomic mass is 10.5. The molecule has 0 radical (unpaired) electrons. The highest BCUT2D eigenvalue weighted by atomic mass is 14.9. The zero-order chi connectivity index (χ0) is 8.53. The van der Waals surface area contributed by atoms with E-state index in [1.54, 1.807) is 6.33 Å². The maximum Gasteiger partial charge on any atom is 0.0922 e. The second-order valence-electron chi connectivity index (χ2n) is 1.86. The van der Waals surface area contributed by atoms with Crippen LogP contribution in [-0.4, -0.2) is 16.5 Å². The third-order valence-corrected chi connectivity index (χ3v) is 1.12. The Morgan fingerprint density at radius 1 is 1.55 bits per heavy atom. The predicted molar refractivity (Wildman–Crippen MR) is 47.3 cm³/mol. The van der Waals surface area contributed by atoms with Crippen molar-refractivity contribution in [2.24, 2.45) is 0 Å². The molecule has 64 valence electrons. The van der Waals surface area contributed by atoms with E-state index < -0.39 is 0 Å². The summed E-state index contributed by atoms with van der Waals surface area (Å²) in [5.74, 6) is 0.